The average Bonchev–Trinajstić information content (AvgIpc) is 2.50. The van der Waals surface area contributed by atoms with Gasteiger partial charge in [0.1, 0.15) is 11.6 Å². The molecule has 23 heavy (non-hydrogen) atoms. The van der Waals surface area contributed by atoms with Gasteiger partial charge in [-0.15, -0.1) is 0 Å². The molecule has 2 aromatic rings. The fraction of sp³-hybridized carbons (Fsp3) is 0.188. The predicted octanol–water partition coefficient (Wildman–Crippen LogP) is 2.70. The summed E-state index contributed by atoms with van der Waals surface area (Å²) in [7, 11) is 1.44. The molecule has 1 aromatic carbocycles. The van der Waals surface area contributed by atoms with Crippen molar-refractivity contribution in [3.63, 3.8) is 0 Å². The number of pyridine rings is 1. The van der Waals surface area contributed by atoms with Crippen LogP contribution in [-0.2, 0) is 0 Å². The lowest BCUT2D eigenvalue weighted by molar-refractivity contribution is 0.372. The fourth-order valence-corrected chi connectivity index (χ4v) is 2.57. The summed E-state index contributed by atoms with van der Waals surface area (Å²) in [6.45, 7) is 3.45. The molecule has 7 heteroatoms. The molecule has 0 fully saturated rings. The van der Waals surface area contributed by atoms with E-state index >= 15 is 0 Å². The van der Waals surface area contributed by atoms with Crippen molar-refractivity contribution in [2.75, 3.05) is 7.11 Å². The minimum Gasteiger partial charge on any atom is -0.503 e. The summed E-state index contributed by atoms with van der Waals surface area (Å²) in [5, 5.41) is 23.0. The van der Waals surface area contributed by atoms with E-state index in [1.807, 2.05) is 6.07 Å². The minimum atomic E-state index is -0.467. The SMILES string of the molecule is COc1cc(/C=N/n2c(C)cc(C)c(C#N)c2=O)cc(Br)c1O. The van der Waals surface area contributed by atoms with Crippen LogP contribution in [0.3, 0.4) is 0 Å². The van der Waals surface area contributed by atoms with Crippen LogP contribution in [0, 0.1) is 25.2 Å². The first-order valence-electron chi connectivity index (χ1n) is 6.63. The highest BCUT2D eigenvalue weighted by Gasteiger charge is 2.10. The Hall–Kier alpha value is -2.59. The number of hydrogen-bond acceptors (Lipinski definition) is 5. The van der Waals surface area contributed by atoms with E-state index in [0.29, 0.717) is 21.3 Å². The zero-order chi connectivity index (χ0) is 17.1. The predicted molar refractivity (Wildman–Crippen MR) is 90.2 cm³/mol. The van der Waals surface area contributed by atoms with Crippen molar-refractivity contribution in [2.24, 2.45) is 5.10 Å². The molecule has 0 saturated heterocycles. The molecule has 0 spiro atoms. The number of ether oxygens (including phenoxy) is 1. The molecule has 0 radical (unpaired) electrons. The summed E-state index contributed by atoms with van der Waals surface area (Å²) in [5.74, 6) is 0.270. The van der Waals surface area contributed by atoms with E-state index in [1.165, 1.54) is 18.0 Å². The van der Waals surface area contributed by atoms with Gasteiger partial charge < -0.3 is 9.84 Å². The highest BCUT2D eigenvalue weighted by molar-refractivity contribution is 9.10. The number of rotatable bonds is 3. The molecule has 2 rings (SSSR count). The normalized spacial score (nSPS) is 10.7. The molecule has 6 nitrogen and oxygen atoms in total. The summed E-state index contributed by atoms with van der Waals surface area (Å²) in [5.41, 5.74) is 1.46. The maximum absolute atomic E-state index is 12.3. The third kappa shape index (κ3) is 3.27. The average molecular weight is 376 g/mol. The Morgan fingerprint density at radius 1 is 1.39 bits per heavy atom. The first-order valence-corrected chi connectivity index (χ1v) is 7.42. The second kappa shape index (κ2) is 6.67. The second-order valence-corrected chi connectivity index (χ2v) is 5.72. The smallest absolute Gasteiger partial charge is 0.289 e. The highest BCUT2D eigenvalue weighted by atomic mass is 79.9. The number of hydrogen-bond donors (Lipinski definition) is 1. The van der Waals surface area contributed by atoms with Crippen molar-refractivity contribution < 1.29 is 9.84 Å². The van der Waals surface area contributed by atoms with Gasteiger partial charge in [0.25, 0.3) is 5.56 Å². The fourth-order valence-electron chi connectivity index (χ4n) is 2.11. The Labute approximate surface area is 141 Å². The van der Waals surface area contributed by atoms with E-state index in [-0.39, 0.29) is 17.1 Å². The molecular formula is C16H14BrN3O3. The van der Waals surface area contributed by atoms with Crippen molar-refractivity contribution in [3.05, 3.63) is 55.4 Å². The molecule has 1 aromatic heterocycles. The van der Waals surface area contributed by atoms with Crippen LogP contribution in [-0.4, -0.2) is 23.1 Å². The molecule has 1 N–H and O–H groups in total. The van der Waals surface area contributed by atoms with Gasteiger partial charge in [0, 0.05) is 5.69 Å². The van der Waals surface area contributed by atoms with E-state index in [9.17, 15) is 9.90 Å². The van der Waals surface area contributed by atoms with E-state index in [4.69, 9.17) is 10.00 Å². The summed E-state index contributed by atoms with van der Waals surface area (Å²) in [6.07, 6.45) is 1.46. The quantitative estimate of drug-likeness (QED) is 0.835. The van der Waals surface area contributed by atoms with Gasteiger partial charge in [-0.1, -0.05) is 0 Å². The molecule has 0 saturated carbocycles. The molecular weight excluding hydrogens is 362 g/mol. The molecule has 118 valence electrons. The maximum Gasteiger partial charge on any atom is 0.289 e. The monoisotopic (exact) mass is 375 g/mol. The van der Waals surface area contributed by atoms with E-state index in [2.05, 4.69) is 21.0 Å². The van der Waals surface area contributed by atoms with Gasteiger partial charge in [0.05, 0.1) is 17.8 Å². The van der Waals surface area contributed by atoms with E-state index in [0.717, 1.165) is 0 Å². The molecule has 1 heterocycles. The summed E-state index contributed by atoms with van der Waals surface area (Å²) < 4.78 is 6.68. The molecule has 0 aliphatic heterocycles. The zero-order valence-electron chi connectivity index (χ0n) is 12.8. The first-order chi connectivity index (χ1) is 10.9. The summed E-state index contributed by atoms with van der Waals surface area (Å²) >= 11 is 3.22. The number of benzene rings is 1. The summed E-state index contributed by atoms with van der Waals surface area (Å²) in [6, 6.07) is 6.85. The Morgan fingerprint density at radius 2 is 2.09 bits per heavy atom. The van der Waals surface area contributed by atoms with Crippen LogP contribution in [0.2, 0.25) is 0 Å². The largest absolute Gasteiger partial charge is 0.503 e. The van der Waals surface area contributed by atoms with Crippen LogP contribution in [0.1, 0.15) is 22.4 Å². The standard InChI is InChI=1S/C16H14BrN3O3/c1-9-4-10(2)20(16(22)12(9)7-18)19-8-11-5-13(17)15(21)14(6-11)23-3/h4-6,8,21H,1-3H3/b19-8+. The van der Waals surface area contributed by atoms with Gasteiger partial charge in [-0.2, -0.15) is 10.4 Å². The van der Waals surface area contributed by atoms with Crippen LogP contribution in [0.4, 0.5) is 0 Å². The molecule has 0 unspecified atom stereocenters. The number of phenolic OH excluding ortho intramolecular Hbond substituents is 1. The number of nitrogens with zero attached hydrogens (tertiary/aromatic N) is 3. The van der Waals surface area contributed by atoms with E-state index in [1.54, 1.807) is 32.0 Å². The van der Waals surface area contributed by atoms with Crippen LogP contribution in [0.5, 0.6) is 11.5 Å². The van der Waals surface area contributed by atoms with Gasteiger partial charge in [0.2, 0.25) is 0 Å². The van der Waals surface area contributed by atoms with Crippen LogP contribution < -0.4 is 10.3 Å². The number of aryl methyl sites for hydroxylation is 2. The number of phenols is 1. The maximum atomic E-state index is 12.3. The Balaban J connectivity index is 2.52. The first kappa shape index (κ1) is 16.8. The number of aromatic hydroxyl groups is 1. The Bertz CT molecular complexity index is 895. The highest BCUT2D eigenvalue weighted by Crippen LogP contribution is 2.34. The molecule has 0 amide bonds. The number of methoxy groups -OCH3 is 1. The van der Waals surface area contributed by atoms with Crippen LogP contribution in [0.15, 0.2) is 32.6 Å². The van der Waals surface area contributed by atoms with Crippen LogP contribution >= 0.6 is 15.9 Å². The van der Waals surface area contributed by atoms with Crippen molar-refractivity contribution in [1.29, 1.82) is 5.26 Å². The van der Waals surface area contributed by atoms with Gasteiger partial charge in [-0.3, -0.25) is 4.79 Å². The molecule has 0 bridgehead atoms. The number of halogens is 1. The van der Waals surface area contributed by atoms with E-state index < -0.39 is 5.56 Å². The van der Waals surface area contributed by atoms with Crippen molar-refractivity contribution >= 4 is 22.1 Å². The Kier molecular flexibility index (Phi) is 4.86. The molecule has 0 aliphatic carbocycles. The third-order valence-corrected chi connectivity index (χ3v) is 3.87. The third-order valence-electron chi connectivity index (χ3n) is 3.26. The van der Waals surface area contributed by atoms with Crippen molar-refractivity contribution in [2.45, 2.75) is 13.8 Å². The molecule has 0 aliphatic rings. The van der Waals surface area contributed by atoms with Crippen molar-refractivity contribution in [3.8, 4) is 17.6 Å². The van der Waals surface area contributed by atoms with Crippen molar-refractivity contribution in [1.82, 2.24) is 4.68 Å². The van der Waals surface area contributed by atoms with Gasteiger partial charge >= 0.3 is 0 Å². The summed E-state index contributed by atoms with van der Waals surface area (Å²) in [4.78, 5) is 12.3. The lowest BCUT2D eigenvalue weighted by atomic mass is 10.1. The lowest BCUT2D eigenvalue weighted by Crippen LogP contribution is -2.22. The van der Waals surface area contributed by atoms with Gasteiger partial charge in [-0.05, 0) is 59.1 Å². The zero-order valence-corrected chi connectivity index (χ0v) is 14.4. The number of nitriles is 1. The van der Waals surface area contributed by atoms with Crippen LogP contribution in [0.25, 0.3) is 0 Å². The number of aromatic nitrogens is 1. The van der Waals surface area contributed by atoms with Gasteiger partial charge in [0.15, 0.2) is 11.5 Å². The lowest BCUT2D eigenvalue weighted by Gasteiger charge is -2.08. The second-order valence-electron chi connectivity index (χ2n) is 4.87. The minimum absolute atomic E-state index is 0.0138. The Morgan fingerprint density at radius 3 is 2.70 bits per heavy atom. The molecule has 0 atom stereocenters. The topological polar surface area (TPSA) is 87.6 Å². The van der Waals surface area contributed by atoms with Gasteiger partial charge in [-0.25, -0.2) is 4.68 Å².